The molecule has 0 aromatic heterocycles. The highest BCUT2D eigenvalue weighted by Crippen LogP contribution is 2.43. The quantitative estimate of drug-likeness (QED) is 0.268. The van der Waals surface area contributed by atoms with Crippen LogP contribution in [0.3, 0.4) is 0 Å². The summed E-state index contributed by atoms with van der Waals surface area (Å²) in [6.45, 7) is 11.1. The fourth-order valence-electron chi connectivity index (χ4n) is 4.17. The van der Waals surface area contributed by atoms with Crippen LogP contribution in [0.25, 0.3) is 0 Å². The first-order valence-electron chi connectivity index (χ1n) is 10.6. The molecule has 0 saturated heterocycles. The molecule has 0 aliphatic rings. The Morgan fingerprint density at radius 1 is 0.697 bits per heavy atom. The number of sulfone groups is 1. The molecular formula is C19H45N5O6S3. The molecule has 0 fully saturated rings. The summed E-state index contributed by atoms with van der Waals surface area (Å²) in [7, 11) is -4.66. The lowest BCUT2D eigenvalue weighted by Crippen LogP contribution is -2.77. The molecule has 0 radical (unpaired) electrons. The molecule has 200 valence electrons. The number of nitrogens with one attached hydrogen (secondary N) is 1. The van der Waals surface area contributed by atoms with Crippen LogP contribution in [0.2, 0.25) is 0 Å². The Balaban J connectivity index is 6.27. The van der Waals surface area contributed by atoms with Crippen molar-refractivity contribution in [3.05, 3.63) is 0 Å². The summed E-state index contributed by atoms with van der Waals surface area (Å²) in [4.78, 5) is 5.93. The van der Waals surface area contributed by atoms with Crippen LogP contribution < -0.4 is 9.86 Å². The van der Waals surface area contributed by atoms with Crippen molar-refractivity contribution < 1.29 is 25.3 Å². The Labute approximate surface area is 202 Å². The number of rotatable bonds is 15. The first kappa shape index (κ1) is 32.7. The molecule has 0 rings (SSSR count). The summed E-state index contributed by atoms with van der Waals surface area (Å²) >= 11 is 0. The molecule has 0 aliphatic heterocycles. The zero-order valence-corrected chi connectivity index (χ0v) is 24.3. The maximum Gasteiger partial charge on any atom is 0.210 e. The van der Waals surface area contributed by atoms with Crippen LogP contribution in [-0.4, -0.2) is 128 Å². The van der Waals surface area contributed by atoms with Gasteiger partial charge in [0, 0.05) is 43.5 Å². The lowest BCUT2D eigenvalue weighted by molar-refractivity contribution is -0.107. The normalized spacial score (nSPS) is 16.5. The molecule has 0 heterocycles. The lowest BCUT2D eigenvalue weighted by Gasteiger charge is -2.63. The third-order valence-corrected chi connectivity index (χ3v) is 9.78. The molecule has 11 nitrogen and oxygen atoms in total. The second-order valence-electron chi connectivity index (χ2n) is 10.1. The predicted molar refractivity (Wildman–Crippen MR) is 135 cm³/mol. The van der Waals surface area contributed by atoms with Gasteiger partial charge in [0.15, 0.2) is 0 Å². The molecular weight excluding hydrogens is 490 g/mol. The van der Waals surface area contributed by atoms with Gasteiger partial charge in [0.1, 0.15) is 9.84 Å². The van der Waals surface area contributed by atoms with Crippen molar-refractivity contribution in [3.63, 3.8) is 0 Å². The smallest absolute Gasteiger partial charge is 0.210 e. The van der Waals surface area contributed by atoms with E-state index >= 15 is 0 Å². The van der Waals surface area contributed by atoms with Crippen LogP contribution in [0.15, 0.2) is 0 Å². The summed E-state index contributed by atoms with van der Waals surface area (Å²) in [5.41, 5.74) is -2.00. The maximum absolute atomic E-state index is 11.9. The van der Waals surface area contributed by atoms with Gasteiger partial charge in [-0.1, -0.05) is 0 Å². The van der Waals surface area contributed by atoms with Gasteiger partial charge in [-0.05, 0) is 55.8 Å². The van der Waals surface area contributed by atoms with Crippen molar-refractivity contribution in [2.75, 3.05) is 71.3 Å². The van der Waals surface area contributed by atoms with Crippen molar-refractivity contribution in [1.29, 1.82) is 0 Å². The first-order valence-corrected chi connectivity index (χ1v) is 16.3. The number of nitrogens with zero attached hydrogens (tertiary/aromatic N) is 3. The summed E-state index contributed by atoms with van der Waals surface area (Å²) in [5.74, 6) is -0.254. The molecule has 33 heavy (non-hydrogen) atoms. The molecule has 0 saturated carbocycles. The SMILES string of the molecule is CN(CCNS(C)(=O)=O)C(C)(C)[C@](C)(N(C)CCS(C)(=O)=O)C(C)(C)N(C)CCS(N)(=O)=O. The van der Waals surface area contributed by atoms with Crippen molar-refractivity contribution in [2.24, 2.45) is 5.14 Å². The molecule has 3 N–H and O–H groups in total. The van der Waals surface area contributed by atoms with Crippen LogP contribution in [0.1, 0.15) is 34.6 Å². The van der Waals surface area contributed by atoms with Crippen LogP contribution in [0, 0.1) is 0 Å². The summed E-state index contributed by atoms with van der Waals surface area (Å²) in [6, 6.07) is 0. The van der Waals surface area contributed by atoms with Crippen molar-refractivity contribution in [1.82, 2.24) is 19.4 Å². The second-order valence-corrected chi connectivity index (χ2v) is 15.9. The van der Waals surface area contributed by atoms with Gasteiger partial charge >= 0.3 is 0 Å². The van der Waals surface area contributed by atoms with Gasteiger partial charge in [-0.2, -0.15) is 0 Å². The molecule has 0 spiro atoms. The van der Waals surface area contributed by atoms with E-state index in [2.05, 4.69) is 4.72 Å². The number of hydrogen-bond acceptors (Lipinski definition) is 9. The van der Waals surface area contributed by atoms with E-state index in [1.54, 1.807) is 0 Å². The molecule has 0 amide bonds. The Hall–Kier alpha value is -0.350. The number of primary sulfonamides is 1. The minimum atomic E-state index is -3.66. The first-order chi connectivity index (χ1) is 14.4. The molecule has 0 bridgehead atoms. The Morgan fingerprint density at radius 2 is 1.09 bits per heavy atom. The lowest BCUT2D eigenvalue weighted by atomic mass is 9.65. The fourth-order valence-corrected chi connectivity index (χ4v) is 5.77. The van der Waals surface area contributed by atoms with E-state index in [9.17, 15) is 25.3 Å². The van der Waals surface area contributed by atoms with Crippen molar-refractivity contribution >= 4 is 29.9 Å². The van der Waals surface area contributed by atoms with Gasteiger partial charge in [0.25, 0.3) is 0 Å². The standard InChI is InChI=1S/C19H45N5O6S3/c1-17(2,22(6)12-11-21-32(10,27)28)19(5,24(8)13-15-31(9,25)26)18(3,4)23(7)14-16-33(20,29)30/h21H,11-16H2,1-10H3,(H2,20,29,30)/t19-/m0/s1. The zero-order valence-electron chi connectivity index (χ0n) is 21.8. The molecule has 0 unspecified atom stereocenters. The van der Waals surface area contributed by atoms with Crippen LogP contribution in [0.4, 0.5) is 0 Å². The zero-order chi connectivity index (χ0) is 26.7. The molecule has 0 aliphatic carbocycles. The maximum atomic E-state index is 11.9. The minimum absolute atomic E-state index is 0.0362. The van der Waals surface area contributed by atoms with E-state index in [-0.39, 0.29) is 31.1 Å². The van der Waals surface area contributed by atoms with E-state index < -0.39 is 46.5 Å². The van der Waals surface area contributed by atoms with Gasteiger partial charge in [-0.15, -0.1) is 0 Å². The fraction of sp³-hybridized carbons (Fsp3) is 1.00. The predicted octanol–water partition coefficient (Wildman–Crippen LogP) is -1.02. The highest BCUT2D eigenvalue weighted by atomic mass is 32.2. The number of sulfonamides is 2. The van der Waals surface area contributed by atoms with E-state index in [4.69, 9.17) is 5.14 Å². The summed E-state index contributed by atoms with van der Waals surface area (Å²) in [5, 5.41) is 5.22. The van der Waals surface area contributed by atoms with Gasteiger partial charge in [0.2, 0.25) is 20.0 Å². The number of likely N-dealkylation sites (N-methyl/N-ethyl adjacent to an activating group) is 3. The summed E-state index contributed by atoms with van der Waals surface area (Å²) in [6.07, 6.45) is 2.29. The van der Waals surface area contributed by atoms with Gasteiger partial charge in [-0.25, -0.2) is 35.1 Å². The van der Waals surface area contributed by atoms with Crippen LogP contribution in [-0.2, 0) is 29.9 Å². The Bertz CT molecular complexity index is 964. The van der Waals surface area contributed by atoms with Crippen LogP contribution in [0.5, 0.6) is 0 Å². The topological polar surface area (TPSA) is 150 Å². The van der Waals surface area contributed by atoms with E-state index in [1.807, 2.05) is 70.5 Å². The Kier molecular flexibility index (Phi) is 11.0. The average Bonchev–Trinajstić information content (AvgIpc) is 2.60. The van der Waals surface area contributed by atoms with Crippen molar-refractivity contribution in [2.45, 2.75) is 51.2 Å². The number of hydrogen-bond donors (Lipinski definition) is 2. The number of nitrogens with two attached hydrogens (primary N) is 1. The highest BCUT2D eigenvalue weighted by Gasteiger charge is 2.57. The molecule has 0 aromatic carbocycles. The van der Waals surface area contributed by atoms with Gasteiger partial charge in [-0.3, -0.25) is 14.7 Å². The summed E-state index contributed by atoms with van der Waals surface area (Å²) < 4.78 is 72.4. The average molecular weight is 536 g/mol. The second kappa shape index (κ2) is 11.1. The molecule has 0 aromatic rings. The highest BCUT2D eigenvalue weighted by molar-refractivity contribution is 7.90. The minimum Gasteiger partial charge on any atom is -0.298 e. The van der Waals surface area contributed by atoms with Gasteiger partial charge < -0.3 is 0 Å². The Morgan fingerprint density at radius 3 is 1.45 bits per heavy atom. The van der Waals surface area contributed by atoms with Gasteiger partial charge in [0.05, 0.1) is 23.3 Å². The largest absolute Gasteiger partial charge is 0.298 e. The van der Waals surface area contributed by atoms with E-state index in [0.29, 0.717) is 6.54 Å². The third kappa shape index (κ3) is 9.32. The van der Waals surface area contributed by atoms with E-state index in [1.165, 1.54) is 6.26 Å². The monoisotopic (exact) mass is 535 g/mol. The third-order valence-electron chi connectivity index (χ3n) is 7.37. The van der Waals surface area contributed by atoms with Crippen molar-refractivity contribution in [3.8, 4) is 0 Å². The van der Waals surface area contributed by atoms with Crippen LogP contribution >= 0.6 is 0 Å². The molecule has 1 atom stereocenters. The molecule has 14 heteroatoms. The van der Waals surface area contributed by atoms with E-state index in [0.717, 1.165) is 6.26 Å².